The van der Waals surface area contributed by atoms with E-state index < -0.39 is 0 Å². The molecule has 3 rings (SSSR count). The number of imidazole rings is 1. The van der Waals surface area contributed by atoms with Gasteiger partial charge in [0.15, 0.2) is 11.5 Å². The van der Waals surface area contributed by atoms with E-state index >= 15 is 0 Å². The quantitative estimate of drug-likeness (QED) is 0.697. The van der Waals surface area contributed by atoms with E-state index in [1.807, 2.05) is 19.2 Å². The fraction of sp³-hybridized carbons (Fsp3) is 0.273. The normalized spacial score (nSPS) is 11.2. The van der Waals surface area contributed by atoms with Crippen LogP contribution in [-0.2, 0) is 6.54 Å². The number of nitrogens with two attached hydrogens (primary N) is 1. The van der Waals surface area contributed by atoms with Crippen LogP contribution in [0.25, 0.3) is 22.7 Å². The standard InChI is InChI=1S/C11H13N7/c1-7-4-8-10(13-5-7)15-11(14-8)9-6-18(3-2-12)17-16-9/h4-6H,2-3,12H2,1H3,(H,13,14,15). The highest BCUT2D eigenvalue weighted by molar-refractivity contribution is 5.75. The number of fused-ring (bicyclic) bond motifs is 1. The zero-order valence-corrected chi connectivity index (χ0v) is 9.96. The summed E-state index contributed by atoms with van der Waals surface area (Å²) in [7, 11) is 0. The fourth-order valence-corrected chi connectivity index (χ4v) is 1.77. The van der Waals surface area contributed by atoms with Crippen LogP contribution in [-0.4, -0.2) is 36.5 Å². The number of pyridine rings is 1. The summed E-state index contributed by atoms with van der Waals surface area (Å²) in [5.41, 5.74) is 8.83. The van der Waals surface area contributed by atoms with Crippen LogP contribution in [0.3, 0.4) is 0 Å². The lowest BCUT2D eigenvalue weighted by Gasteiger charge is -1.92. The van der Waals surface area contributed by atoms with E-state index in [9.17, 15) is 0 Å². The van der Waals surface area contributed by atoms with Gasteiger partial charge in [0.1, 0.15) is 5.69 Å². The van der Waals surface area contributed by atoms with Gasteiger partial charge in [0.25, 0.3) is 0 Å². The number of hydrogen-bond acceptors (Lipinski definition) is 5. The number of nitrogens with one attached hydrogen (secondary N) is 1. The van der Waals surface area contributed by atoms with Gasteiger partial charge in [0.2, 0.25) is 0 Å². The number of aryl methyl sites for hydroxylation is 1. The van der Waals surface area contributed by atoms with Crippen molar-refractivity contribution in [1.29, 1.82) is 0 Å². The summed E-state index contributed by atoms with van der Waals surface area (Å²) < 4.78 is 1.70. The Morgan fingerprint density at radius 2 is 2.33 bits per heavy atom. The highest BCUT2D eigenvalue weighted by atomic mass is 15.4. The van der Waals surface area contributed by atoms with Gasteiger partial charge in [-0.05, 0) is 18.6 Å². The van der Waals surface area contributed by atoms with E-state index in [4.69, 9.17) is 5.73 Å². The van der Waals surface area contributed by atoms with Gasteiger partial charge in [-0.2, -0.15) is 0 Å². The SMILES string of the molecule is Cc1cnc2nc(-c3cn(CCN)nn3)[nH]c2c1. The Kier molecular flexibility index (Phi) is 2.52. The van der Waals surface area contributed by atoms with Gasteiger partial charge in [0, 0.05) is 12.7 Å². The Morgan fingerprint density at radius 3 is 3.17 bits per heavy atom. The highest BCUT2D eigenvalue weighted by Crippen LogP contribution is 2.17. The summed E-state index contributed by atoms with van der Waals surface area (Å²) in [6.07, 6.45) is 3.61. The predicted octanol–water partition coefficient (Wildman–Crippen LogP) is 0.484. The molecule has 0 aliphatic rings. The maximum atomic E-state index is 5.46. The van der Waals surface area contributed by atoms with Crippen LogP contribution in [0.1, 0.15) is 5.56 Å². The molecule has 3 aromatic rings. The molecular weight excluding hydrogens is 230 g/mol. The number of hydrogen-bond donors (Lipinski definition) is 2. The summed E-state index contributed by atoms with van der Waals surface area (Å²) in [5.74, 6) is 0.673. The molecule has 0 bridgehead atoms. The molecule has 0 aromatic carbocycles. The Bertz CT molecular complexity index is 682. The molecule has 0 unspecified atom stereocenters. The molecule has 92 valence electrons. The fourth-order valence-electron chi connectivity index (χ4n) is 1.77. The third-order valence-corrected chi connectivity index (χ3v) is 2.61. The van der Waals surface area contributed by atoms with Crippen molar-refractivity contribution < 1.29 is 0 Å². The molecule has 0 aliphatic heterocycles. The second-order valence-corrected chi connectivity index (χ2v) is 4.12. The Balaban J connectivity index is 2.02. The first-order valence-corrected chi connectivity index (χ1v) is 5.69. The van der Waals surface area contributed by atoms with Crippen molar-refractivity contribution in [2.24, 2.45) is 5.73 Å². The summed E-state index contributed by atoms with van der Waals surface area (Å²) in [6, 6.07) is 2.00. The summed E-state index contributed by atoms with van der Waals surface area (Å²) in [6.45, 7) is 3.17. The molecular formula is C11H13N7. The van der Waals surface area contributed by atoms with Crippen LogP contribution in [0.4, 0.5) is 0 Å². The van der Waals surface area contributed by atoms with Gasteiger partial charge in [-0.1, -0.05) is 5.21 Å². The minimum Gasteiger partial charge on any atom is -0.335 e. The highest BCUT2D eigenvalue weighted by Gasteiger charge is 2.09. The van der Waals surface area contributed by atoms with E-state index in [0.29, 0.717) is 30.3 Å². The summed E-state index contributed by atoms with van der Waals surface area (Å²) in [4.78, 5) is 11.8. The number of nitrogens with zero attached hydrogens (tertiary/aromatic N) is 5. The molecule has 3 N–H and O–H groups in total. The Hall–Kier alpha value is -2.28. The van der Waals surface area contributed by atoms with Crippen molar-refractivity contribution >= 4 is 11.2 Å². The second kappa shape index (κ2) is 4.19. The van der Waals surface area contributed by atoms with Crippen LogP contribution < -0.4 is 5.73 Å². The molecule has 0 radical (unpaired) electrons. The van der Waals surface area contributed by atoms with Crippen molar-refractivity contribution in [3.05, 3.63) is 24.0 Å². The third-order valence-electron chi connectivity index (χ3n) is 2.61. The van der Waals surface area contributed by atoms with Crippen molar-refractivity contribution in [1.82, 2.24) is 29.9 Å². The number of H-pyrrole nitrogens is 1. The number of aromatic nitrogens is 6. The lowest BCUT2D eigenvalue weighted by molar-refractivity contribution is 0.598. The summed E-state index contributed by atoms with van der Waals surface area (Å²) >= 11 is 0. The van der Waals surface area contributed by atoms with E-state index in [1.165, 1.54) is 0 Å². The molecule has 0 saturated heterocycles. The minimum absolute atomic E-state index is 0.531. The van der Waals surface area contributed by atoms with Crippen molar-refractivity contribution in [3.63, 3.8) is 0 Å². The number of rotatable bonds is 3. The lowest BCUT2D eigenvalue weighted by atomic mass is 10.3. The van der Waals surface area contributed by atoms with Crippen LogP contribution in [0, 0.1) is 6.92 Å². The molecule has 7 nitrogen and oxygen atoms in total. The lowest BCUT2D eigenvalue weighted by Crippen LogP contribution is -2.10. The zero-order chi connectivity index (χ0) is 12.5. The average molecular weight is 243 g/mol. The molecule has 0 atom stereocenters. The van der Waals surface area contributed by atoms with Gasteiger partial charge in [-0.15, -0.1) is 5.10 Å². The number of aromatic amines is 1. The Labute approximate surface area is 103 Å². The van der Waals surface area contributed by atoms with Crippen LogP contribution in [0.2, 0.25) is 0 Å². The predicted molar refractivity (Wildman–Crippen MR) is 66.7 cm³/mol. The van der Waals surface area contributed by atoms with Gasteiger partial charge in [-0.25, -0.2) is 9.97 Å². The van der Waals surface area contributed by atoms with Gasteiger partial charge in [0.05, 0.1) is 18.3 Å². The topological polar surface area (TPSA) is 98.3 Å². The maximum absolute atomic E-state index is 5.46. The molecule has 0 amide bonds. The molecule has 0 aliphatic carbocycles. The first-order chi connectivity index (χ1) is 8.76. The van der Waals surface area contributed by atoms with Gasteiger partial charge in [-0.3, -0.25) is 4.68 Å². The monoisotopic (exact) mass is 243 g/mol. The molecule has 0 spiro atoms. The minimum atomic E-state index is 0.531. The largest absolute Gasteiger partial charge is 0.335 e. The second-order valence-electron chi connectivity index (χ2n) is 4.12. The van der Waals surface area contributed by atoms with E-state index in [0.717, 1.165) is 11.1 Å². The third kappa shape index (κ3) is 1.84. The first-order valence-electron chi connectivity index (χ1n) is 5.69. The Morgan fingerprint density at radius 1 is 1.44 bits per heavy atom. The van der Waals surface area contributed by atoms with E-state index in [-0.39, 0.29) is 0 Å². The van der Waals surface area contributed by atoms with Crippen molar-refractivity contribution in [2.75, 3.05) is 6.54 Å². The van der Waals surface area contributed by atoms with E-state index in [2.05, 4.69) is 25.3 Å². The van der Waals surface area contributed by atoms with Crippen LogP contribution >= 0.6 is 0 Å². The molecule has 18 heavy (non-hydrogen) atoms. The molecule has 3 aromatic heterocycles. The average Bonchev–Trinajstić information content (AvgIpc) is 2.94. The molecule has 3 heterocycles. The van der Waals surface area contributed by atoms with E-state index in [1.54, 1.807) is 10.9 Å². The van der Waals surface area contributed by atoms with Crippen LogP contribution in [0.5, 0.6) is 0 Å². The van der Waals surface area contributed by atoms with Gasteiger partial charge >= 0.3 is 0 Å². The van der Waals surface area contributed by atoms with Crippen LogP contribution in [0.15, 0.2) is 18.5 Å². The smallest absolute Gasteiger partial charge is 0.178 e. The molecule has 0 fully saturated rings. The maximum Gasteiger partial charge on any atom is 0.178 e. The summed E-state index contributed by atoms with van der Waals surface area (Å²) in [5, 5.41) is 8.03. The van der Waals surface area contributed by atoms with Crippen molar-refractivity contribution in [2.45, 2.75) is 13.5 Å². The first kappa shape index (κ1) is 10.8. The molecule has 0 saturated carbocycles. The van der Waals surface area contributed by atoms with Crippen molar-refractivity contribution in [3.8, 4) is 11.5 Å². The zero-order valence-electron chi connectivity index (χ0n) is 9.96. The van der Waals surface area contributed by atoms with Gasteiger partial charge < -0.3 is 10.7 Å². The molecule has 7 heteroatoms.